The molecule has 0 radical (unpaired) electrons. The van der Waals surface area contributed by atoms with Crippen LogP contribution in [-0.2, 0) is 6.54 Å². The molecule has 6 nitrogen and oxygen atoms in total. The van der Waals surface area contributed by atoms with Crippen LogP contribution in [0.1, 0.15) is 30.2 Å². The molecule has 0 saturated heterocycles. The van der Waals surface area contributed by atoms with Gasteiger partial charge in [0.1, 0.15) is 24.7 Å². The largest absolute Gasteiger partial charge is 0.490 e. The van der Waals surface area contributed by atoms with Crippen LogP contribution in [0.3, 0.4) is 0 Å². The van der Waals surface area contributed by atoms with E-state index in [-0.39, 0.29) is 25.5 Å². The van der Waals surface area contributed by atoms with Crippen molar-refractivity contribution in [3.63, 3.8) is 0 Å². The summed E-state index contributed by atoms with van der Waals surface area (Å²) in [6.07, 6.45) is 5.36. The molecule has 2 aromatic carbocycles. The van der Waals surface area contributed by atoms with Crippen molar-refractivity contribution in [2.75, 3.05) is 19.8 Å². The molecule has 0 aliphatic rings. The quantitative estimate of drug-likeness (QED) is 0.357. The predicted octanol–water partition coefficient (Wildman–Crippen LogP) is 4.68. The average Bonchev–Trinajstić information content (AvgIpc) is 3.29. The number of thiophene rings is 1. The fourth-order valence-electron chi connectivity index (χ4n) is 3.74. The highest BCUT2D eigenvalue weighted by atomic mass is 32.1. The molecule has 0 aliphatic carbocycles. The first-order valence-electron chi connectivity index (χ1n) is 11.0. The summed E-state index contributed by atoms with van der Waals surface area (Å²) in [6.45, 7) is 4.85. The summed E-state index contributed by atoms with van der Waals surface area (Å²) in [5, 5.41) is 11.8. The zero-order valence-corrected chi connectivity index (χ0v) is 20.0. The normalized spacial score (nSPS) is 11.0. The van der Waals surface area contributed by atoms with E-state index in [1.165, 1.54) is 16.9 Å². The summed E-state index contributed by atoms with van der Waals surface area (Å²) in [5.74, 6) is 4.15. The van der Waals surface area contributed by atoms with Gasteiger partial charge in [-0.1, -0.05) is 44.0 Å². The lowest BCUT2D eigenvalue weighted by Crippen LogP contribution is -2.24. The van der Waals surface area contributed by atoms with E-state index in [1.54, 1.807) is 10.6 Å². The molecule has 0 bridgehead atoms. The maximum Gasteiger partial charge on any atom is 0.348 e. The van der Waals surface area contributed by atoms with Gasteiger partial charge >= 0.3 is 5.69 Å². The van der Waals surface area contributed by atoms with Gasteiger partial charge in [0.15, 0.2) is 0 Å². The molecule has 7 heteroatoms. The predicted molar refractivity (Wildman–Crippen MR) is 136 cm³/mol. The van der Waals surface area contributed by atoms with E-state index >= 15 is 0 Å². The average molecular weight is 475 g/mol. The summed E-state index contributed by atoms with van der Waals surface area (Å²) in [5.41, 5.74) is 3.05. The van der Waals surface area contributed by atoms with Crippen LogP contribution in [0.15, 0.2) is 58.7 Å². The number of hydrogen-bond acceptors (Lipinski definition) is 6. The first-order valence-corrected chi connectivity index (χ1v) is 11.9. The lowest BCUT2D eigenvalue weighted by molar-refractivity contribution is 0.201. The smallest absolute Gasteiger partial charge is 0.348 e. The van der Waals surface area contributed by atoms with Crippen molar-refractivity contribution in [1.82, 2.24) is 9.55 Å². The maximum absolute atomic E-state index is 13.2. The van der Waals surface area contributed by atoms with Crippen LogP contribution < -0.4 is 15.2 Å². The Morgan fingerprint density at radius 2 is 1.94 bits per heavy atom. The summed E-state index contributed by atoms with van der Waals surface area (Å²) in [7, 11) is 0. The van der Waals surface area contributed by atoms with Crippen LogP contribution in [-0.4, -0.2) is 34.5 Å². The molecule has 0 unspecified atom stereocenters. The minimum Gasteiger partial charge on any atom is -0.490 e. The zero-order valence-electron chi connectivity index (χ0n) is 19.2. The van der Waals surface area contributed by atoms with Crippen LogP contribution in [0.2, 0.25) is 0 Å². The maximum atomic E-state index is 13.2. The van der Waals surface area contributed by atoms with Crippen LogP contribution in [0, 0.1) is 12.3 Å². The molecule has 34 heavy (non-hydrogen) atoms. The Morgan fingerprint density at radius 3 is 2.65 bits per heavy atom. The lowest BCUT2D eigenvalue weighted by Gasteiger charge is -2.15. The second-order valence-electron chi connectivity index (χ2n) is 8.06. The van der Waals surface area contributed by atoms with E-state index in [2.05, 4.69) is 36.9 Å². The van der Waals surface area contributed by atoms with E-state index in [1.807, 2.05) is 35.7 Å². The number of fused-ring (bicyclic) bond motifs is 1. The molecule has 0 atom stereocenters. The molecule has 0 aliphatic heterocycles. The number of rotatable bonds is 9. The number of hydrogen-bond donors (Lipinski definition) is 1. The van der Waals surface area contributed by atoms with Gasteiger partial charge in [0.2, 0.25) is 0 Å². The van der Waals surface area contributed by atoms with Crippen molar-refractivity contribution in [1.29, 1.82) is 0 Å². The Labute approximate surface area is 202 Å². The Morgan fingerprint density at radius 1 is 1.15 bits per heavy atom. The minimum absolute atomic E-state index is 0.0789. The number of terminal acetylenes is 1. The van der Waals surface area contributed by atoms with Gasteiger partial charge in [0.25, 0.3) is 0 Å². The Hall–Kier alpha value is -3.60. The Kier molecular flexibility index (Phi) is 7.31. The van der Waals surface area contributed by atoms with Gasteiger partial charge in [-0.05, 0) is 41.1 Å². The number of aliphatic hydroxyl groups excluding tert-OH is 1. The van der Waals surface area contributed by atoms with Crippen LogP contribution in [0.4, 0.5) is 0 Å². The van der Waals surface area contributed by atoms with Crippen molar-refractivity contribution in [3.8, 4) is 35.1 Å². The molecular weight excluding hydrogens is 448 g/mol. The molecule has 1 N–H and O–H groups in total. The number of aliphatic hydroxyl groups is 1. The van der Waals surface area contributed by atoms with Crippen molar-refractivity contribution in [2.45, 2.75) is 26.3 Å². The third-order valence-electron chi connectivity index (χ3n) is 5.48. The van der Waals surface area contributed by atoms with E-state index in [9.17, 15) is 4.79 Å². The number of aromatic nitrogens is 2. The third kappa shape index (κ3) is 4.98. The zero-order chi connectivity index (χ0) is 24.1. The lowest BCUT2D eigenvalue weighted by atomic mass is 9.99. The number of nitrogens with zero attached hydrogens (tertiary/aromatic N) is 2. The van der Waals surface area contributed by atoms with Gasteiger partial charge in [0, 0.05) is 10.9 Å². The topological polar surface area (TPSA) is 73.6 Å². The van der Waals surface area contributed by atoms with Gasteiger partial charge in [0.05, 0.1) is 29.2 Å². The first-order chi connectivity index (χ1) is 16.5. The van der Waals surface area contributed by atoms with Crippen LogP contribution in [0.25, 0.3) is 22.2 Å². The monoisotopic (exact) mass is 474 g/mol. The van der Waals surface area contributed by atoms with Crippen molar-refractivity contribution in [2.24, 2.45) is 0 Å². The standard InChI is InChI=1S/C27H26N2O4S/c1-4-13-32-21-9-10-23-22(16-21)26(20-7-5-19(6-8-20)18(2)3)28-27(31)29(23)17-25-24(11-15-34-25)33-14-12-30/h1,5-11,15-16,18,30H,12-14,17H2,2-3H3. The molecule has 2 aromatic heterocycles. The Balaban J connectivity index is 1.84. The fourth-order valence-corrected chi connectivity index (χ4v) is 4.55. The fraction of sp³-hybridized carbons (Fsp3) is 0.259. The molecule has 0 fully saturated rings. The van der Waals surface area contributed by atoms with Gasteiger partial charge < -0.3 is 14.6 Å². The number of benzene rings is 2. The minimum atomic E-state index is -0.353. The van der Waals surface area contributed by atoms with E-state index in [4.69, 9.17) is 21.0 Å². The highest BCUT2D eigenvalue weighted by Crippen LogP contribution is 2.31. The Bertz CT molecular complexity index is 1380. The summed E-state index contributed by atoms with van der Waals surface area (Å²) < 4.78 is 12.9. The molecular formula is C27H26N2O4S. The summed E-state index contributed by atoms with van der Waals surface area (Å²) >= 11 is 1.49. The van der Waals surface area contributed by atoms with Gasteiger partial charge in [-0.15, -0.1) is 17.8 Å². The van der Waals surface area contributed by atoms with E-state index in [0.29, 0.717) is 29.7 Å². The molecule has 4 aromatic rings. The molecule has 174 valence electrons. The van der Waals surface area contributed by atoms with Crippen molar-refractivity contribution in [3.05, 3.63) is 74.8 Å². The highest BCUT2D eigenvalue weighted by molar-refractivity contribution is 7.10. The summed E-state index contributed by atoms with van der Waals surface area (Å²) in [6, 6.07) is 15.5. The van der Waals surface area contributed by atoms with Crippen LogP contribution in [0.5, 0.6) is 11.5 Å². The van der Waals surface area contributed by atoms with Crippen molar-refractivity contribution < 1.29 is 14.6 Å². The highest BCUT2D eigenvalue weighted by Gasteiger charge is 2.16. The van der Waals surface area contributed by atoms with Crippen molar-refractivity contribution >= 4 is 22.2 Å². The van der Waals surface area contributed by atoms with Crippen LogP contribution >= 0.6 is 11.3 Å². The number of ether oxygens (including phenoxy) is 2. The van der Waals surface area contributed by atoms with E-state index in [0.717, 1.165) is 21.3 Å². The molecule has 0 saturated carbocycles. The third-order valence-corrected chi connectivity index (χ3v) is 6.37. The summed E-state index contributed by atoms with van der Waals surface area (Å²) in [4.78, 5) is 18.6. The van der Waals surface area contributed by atoms with Gasteiger partial charge in [-0.3, -0.25) is 4.57 Å². The SMILES string of the molecule is C#CCOc1ccc2c(c1)c(-c1ccc(C(C)C)cc1)nc(=O)n2Cc1sccc1OCCO. The van der Waals surface area contributed by atoms with Gasteiger partial charge in [-0.25, -0.2) is 4.79 Å². The molecule has 0 spiro atoms. The molecule has 2 heterocycles. The second kappa shape index (κ2) is 10.6. The first kappa shape index (κ1) is 23.6. The van der Waals surface area contributed by atoms with E-state index < -0.39 is 0 Å². The molecule has 4 rings (SSSR count). The molecule has 0 amide bonds. The second-order valence-corrected chi connectivity index (χ2v) is 9.06. The van der Waals surface area contributed by atoms with Gasteiger partial charge in [-0.2, -0.15) is 4.98 Å².